The molecule has 2 heterocycles. The van der Waals surface area contributed by atoms with Gasteiger partial charge in [0.2, 0.25) is 0 Å². The Bertz CT molecular complexity index is 674. The molecule has 1 aromatic carbocycles. The highest BCUT2D eigenvalue weighted by atomic mass is 16.5. The van der Waals surface area contributed by atoms with E-state index < -0.39 is 0 Å². The molecule has 110 valence electrons. The Labute approximate surface area is 122 Å². The number of nitrogens with two attached hydrogens (primary N) is 1. The van der Waals surface area contributed by atoms with Crippen molar-refractivity contribution in [2.45, 2.75) is 6.04 Å². The van der Waals surface area contributed by atoms with Crippen LogP contribution in [0.4, 0.5) is 5.82 Å². The van der Waals surface area contributed by atoms with Gasteiger partial charge in [0.05, 0.1) is 31.4 Å². The minimum absolute atomic E-state index is 0.119. The summed E-state index contributed by atoms with van der Waals surface area (Å²) in [7, 11) is 0. The predicted octanol–water partition coefficient (Wildman–Crippen LogP) is 0.650. The van der Waals surface area contributed by atoms with Crippen molar-refractivity contribution in [3.8, 4) is 0 Å². The SMILES string of the molecule is Nc1ncc(C(=O)N2CCOCC2CO)c2ccccc12. The number of nitrogen functional groups attached to an aromatic ring is 1. The predicted molar refractivity (Wildman–Crippen MR) is 78.9 cm³/mol. The highest BCUT2D eigenvalue weighted by molar-refractivity contribution is 6.09. The van der Waals surface area contributed by atoms with Crippen LogP contribution in [0.25, 0.3) is 10.8 Å². The minimum atomic E-state index is -0.317. The van der Waals surface area contributed by atoms with E-state index in [-0.39, 0.29) is 18.6 Å². The van der Waals surface area contributed by atoms with Crippen LogP contribution in [0.15, 0.2) is 30.5 Å². The van der Waals surface area contributed by atoms with Gasteiger partial charge >= 0.3 is 0 Å². The van der Waals surface area contributed by atoms with Crippen molar-refractivity contribution in [2.24, 2.45) is 0 Å². The first-order valence-electron chi connectivity index (χ1n) is 6.85. The van der Waals surface area contributed by atoms with Gasteiger partial charge in [0.15, 0.2) is 0 Å². The first-order valence-corrected chi connectivity index (χ1v) is 6.85. The summed E-state index contributed by atoms with van der Waals surface area (Å²) in [6.45, 7) is 1.17. The Balaban J connectivity index is 2.03. The van der Waals surface area contributed by atoms with Gasteiger partial charge in [-0.15, -0.1) is 0 Å². The average Bonchev–Trinajstić information content (AvgIpc) is 2.55. The molecule has 0 bridgehead atoms. The fourth-order valence-electron chi connectivity index (χ4n) is 2.61. The van der Waals surface area contributed by atoms with Gasteiger partial charge in [-0.2, -0.15) is 0 Å². The molecule has 3 rings (SSSR count). The van der Waals surface area contributed by atoms with Crippen LogP contribution < -0.4 is 5.73 Å². The molecule has 6 nitrogen and oxygen atoms in total. The summed E-state index contributed by atoms with van der Waals surface area (Å²) < 4.78 is 5.31. The number of anilines is 1. The number of aliphatic hydroxyl groups is 1. The molecule has 1 atom stereocenters. The molecule has 21 heavy (non-hydrogen) atoms. The van der Waals surface area contributed by atoms with E-state index in [0.29, 0.717) is 31.1 Å². The van der Waals surface area contributed by atoms with Gasteiger partial charge in [0, 0.05) is 18.1 Å². The maximum absolute atomic E-state index is 12.8. The lowest BCUT2D eigenvalue weighted by Crippen LogP contribution is -2.50. The van der Waals surface area contributed by atoms with Gasteiger partial charge in [-0.05, 0) is 5.39 Å². The molecule has 0 saturated carbocycles. The van der Waals surface area contributed by atoms with Crippen molar-refractivity contribution in [2.75, 3.05) is 32.1 Å². The second kappa shape index (κ2) is 5.67. The van der Waals surface area contributed by atoms with Crippen molar-refractivity contribution in [3.63, 3.8) is 0 Å². The first-order chi connectivity index (χ1) is 10.2. The van der Waals surface area contributed by atoms with E-state index >= 15 is 0 Å². The summed E-state index contributed by atoms with van der Waals surface area (Å²) in [5.41, 5.74) is 6.36. The molecule has 1 unspecified atom stereocenters. The number of nitrogens with zero attached hydrogens (tertiary/aromatic N) is 2. The number of aliphatic hydroxyl groups excluding tert-OH is 1. The standard InChI is InChI=1S/C15H17N3O3/c16-14-12-4-2-1-3-11(12)13(7-17-14)15(20)18-5-6-21-9-10(18)8-19/h1-4,7,10,19H,5-6,8-9H2,(H2,16,17). The van der Waals surface area contributed by atoms with Gasteiger partial charge in [-0.25, -0.2) is 4.98 Å². The Morgan fingerprint density at radius 3 is 2.95 bits per heavy atom. The van der Waals surface area contributed by atoms with E-state index in [1.165, 1.54) is 6.20 Å². The van der Waals surface area contributed by atoms with Crippen LogP contribution in [0.5, 0.6) is 0 Å². The molecule has 1 fully saturated rings. The number of fused-ring (bicyclic) bond motifs is 1. The molecule has 1 saturated heterocycles. The summed E-state index contributed by atoms with van der Waals surface area (Å²) in [5.74, 6) is 0.254. The number of morpholine rings is 1. The Hall–Kier alpha value is -2.18. The monoisotopic (exact) mass is 287 g/mol. The topological polar surface area (TPSA) is 88.7 Å². The van der Waals surface area contributed by atoms with Crippen molar-refractivity contribution in [1.82, 2.24) is 9.88 Å². The molecule has 1 amide bonds. The lowest BCUT2D eigenvalue weighted by atomic mass is 10.0. The average molecular weight is 287 g/mol. The number of pyridine rings is 1. The Kier molecular flexibility index (Phi) is 3.72. The second-order valence-electron chi connectivity index (χ2n) is 5.01. The highest BCUT2D eigenvalue weighted by Gasteiger charge is 2.28. The van der Waals surface area contributed by atoms with E-state index in [1.807, 2.05) is 24.3 Å². The van der Waals surface area contributed by atoms with Crippen molar-refractivity contribution < 1.29 is 14.6 Å². The highest BCUT2D eigenvalue weighted by Crippen LogP contribution is 2.24. The summed E-state index contributed by atoms with van der Waals surface area (Å²) in [6.07, 6.45) is 1.50. The molecular formula is C15H17N3O3. The zero-order chi connectivity index (χ0) is 14.8. The van der Waals surface area contributed by atoms with Gasteiger partial charge in [0.1, 0.15) is 5.82 Å². The molecule has 1 aliphatic heterocycles. The summed E-state index contributed by atoms with van der Waals surface area (Å²) in [5, 5.41) is 10.9. The van der Waals surface area contributed by atoms with Crippen LogP contribution in [0.1, 0.15) is 10.4 Å². The molecule has 3 N–H and O–H groups in total. The number of hydrogen-bond acceptors (Lipinski definition) is 5. The van der Waals surface area contributed by atoms with Gasteiger partial charge < -0.3 is 20.5 Å². The van der Waals surface area contributed by atoms with Crippen molar-refractivity contribution in [1.29, 1.82) is 0 Å². The number of hydrogen-bond donors (Lipinski definition) is 2. The molecule has 1 aliphatic rings. The van der Waals surface area contributed by atoms with E-state index in [0.717, 1.165) is 10.8 Å². The number of carbonyl (C=O) groups is 1. The van der Waals surface area contributed by atoms with Gasteiger partial charge in [0.25, 0.3) is 5.91 Å². The van der Waals surface area contributed by atoms with E-state index in [2.05, 4.69) is 4.98 Å². The van der Waals surface area contributed by atoms with E-state index in [4.69, 9.17) is 10.5 Å². The molecule has 2 aromatic rings. The zero-order valence-corrected chi connectivity index (χ0v) is 11.5. The third-order valence-electron chi connectivity index (χ3n) is 3.76. The van der Waals surface area contributed by atoms with Crippen LogP contribution in [0.2, 0.25) is 0 Å². The van der Waals surface area contributed by atoms with E-state index in [9.17, 15) is 9.90 Å². The maximum atomic E-state index is 12.8. The molecule has 0 spiro atoms. The number of benzene rings is 1. The Morgan fingerprint density at radius 1 is 1.43 bits per heavy atom. The molecular weight excluding hydrogens is 270 g/mol. The lowest BCUT2D eigenvalue weighted by Gasteiger charge is -2.34. The number of rotatable bonds is 2. The summed E-state index contributed by atoms with van der Waals surface area (Å²) in [4.78, 5) is 18.5. The number of carbonyl (C=O) groups excluding carboxylic acids is 1. The van der Waals surface area contributed by atoms with Gasteiger partial charge in [-0.1, -0.05) is 24.3 Å². The number of amides is 1. The third-order valence-corrected chi connectivity index (χ3v) is 3.76. The third kappa shape index (κ3) is 2.43. The molecule has 6 heteroatoms. The zero-order valence-electron chi connectivity index (χ0n) is 11.5. The Morgan fingerprint density at radius 2 is 2.19 bits per heavy atom. The fraction of sp³-hybridized carbons (Fsp3) is 0.333. The molecule has 1 aromatic heterocycles. The minimum Gasteiger partial charge on any atom is -0.394 e. The molecule has 0 aliphatic carbocycles. The fourth-order valence-corrected chi connectivity index (χ4v) is 2.61. The van der Waals surface area contributed by atoms with Crippen LogP contribution in [-0.4, -0.2) is 53.3 Å². The first kappa shape index (κ1) is 13.8. The van der Waals surface area contributed by atoms with Crippen LogP contribution in [0, 0.1) is 0 Å². The number of aromatic nitrogens is 1. The van der Waals surface area contributed by atoms with Crippen LogP contribution >= 0.6 is 0 Å². The van der Waals surface area contributed by atoms with E-state index in [1.54, 1.807) is 4.90 Å². The van der Waals surface area contributed by atoms with Crippen molar-refractivity contribution in [3.05, 3.63) is 36.0 Å². The number of ether oxygens (including phenoxy) is 1. The summed E-state index contributed by atoms with van der Waals surface area (Å²) in [6, 6.07) is 7.11. The van der Waals surface area contributed by atoms with Crippen molar-refractivity contribution >= 4 is 22.5 Å². The quantitative estimate of drug-likeness (QED) is 0.846. The normalized spacial score (nSPS) is 18.9. The maximum Gasteiger partial charge on any atom is 0.256 e. The second-order valence-corrected chi connectivity index (χ2v) is 5.01. The van der Waals surface area contributed by atoms with Gasteiger partial charge in [-0.3, -0.25) is 4.79 Å². The smallest absolute Gasteiger partial charge is 0.256 e. The van der Waals surface area contributed by atoms with Crippen LogP contribution in [0.3, 0.4) is 0 Å². The lowest BCUT2D eigenvalue weighted by molar-refractivity contribution is -0.0183. The largest absolute Gasteiger partial charge is 0.394 e. The molecule has 0 radical (unpaired) electrons. The summed E-state index contributed by atoms with van der Waals surface area (Å²) >= 11 is 0. The van der Waals surface area contributed by atoms with Crippen LogP contribution in [-0.2, 0) is 4.74 Å².